The minimum atomic E-state index is -0.170. The normalized spacial score (nSPS) is 16.9. The molecule has 1 amide bonds. The highest BCUT2D eigenvalue weighted by atomic mass is 16.5. The number of rotatable bonds is 6. The molecule has 1 aliphatic heterocycles. The molecular formula is C18H24N4O2. The van der Waals surface area contributed by atoms with Crippen LogP contribution in [-0.4, -0.2) is 54.4 Å². The topological polar surface area (TPSA) is 59.4 Å². The van der Waals surface area contributed by atoms with Gasteiger partial charge in [-0.3, -0.25) is 9.48 Å². The van der Waals surface area contributed by atoms with Gasteiger partial charge in [-0.15, -0.1) is 0 Å². The van der Waals surface area contributed by atoms with Gasteiger partial charge in [-0.05, 0) is 31.6 Å². The molecule has 1 aromatic heterocycles. The number of fused-ring (bicyclic) bond motifs is 1. The monoisotopic (exact) mass is 328 g/mol. The van der Waals surface area contributed by atoms with Gasteiger partial charge in [0.25, 0.3) is 0 Å². The van der Waals surface area contributed by atoms with Crippen molar-refractivity contribution >= 4 is 5.91 Å². The summed E-state index contributed by atoms with van der Waals surface area (Å²) in [6.45, 7) is 2.25. The van der Waals surface area contributed by atoms with Crippen LogP contribution in [0.25, 0.3) is 0 Å². The number of benzene rings is 1. The van der Waals surface area contributed by atoms with Crippen LogP contribution in [0.2, 0.25) is 0 Å². The van der Waals surface area contributed by atoms with Gasteiger partial charge < -0.3 is 15.0 Å². The van der Waals surface area contributed by atoms with Gasteiger partial charge in [0.15, 0.2) is 0 Å². The third-order valence-corrected chi connectivity index (χ3v) is 4.00. The molecule has 1 aromatic carbocycles. The summed E-state index contributed by atoms with van der Waals surface area (Å²) in [5, 5.41) is 7.63. The fourth-order valence-electron chi connectivity index (χ4n) is 2.89. The van der Waals surface area contributed by atoms with E-state index < -0.39 is 0 Å². The number of ether oxygens (including phenoxy) is 1. The third kappa shape index (κ3) is 4.21. The molecule has 0 fully saturated rings. The van der Waals surface area contributed by atoms with Crippen molar-refractivity contribution in [2.24, 2.45) is 0 Å². The van der Waals surface area contributed by atoms with Gasteiger partial charge >= 0.3 is 0 Å². The predicted molar refractivity (Wildman–Crippen MR) is 91.7 cm³/mol. The summed E-state index contributed by atoms with van der Waals surface area (Å²) in [6.07, 6.45) is 2.79. The lowest BCUT2D eigenvalue weighted by atomic mass is 10.1. The Hall–Kier alpha value is -2.18. The van der Waals surface area contributed by atoms with Gasteiger partial charge in [-0.1, -0.05) is 30.3 Å². The molecule has 6 nitrogen and oxygen atoms in total. The minimum Gasteiger partial charge on any atom is -0.370 e. The number of carbonyl (C=O) groups excluding carboxylic acids is 1. The number of carbonyl (C=O) groups is 1. The van der Waals surface area contributed by atoms with E-state index in [4.69, 9.17) is 9.84 Å². The Balaban J connectivity index is 1.65. The minimum absolute atomic E-state index is 0.000517. The average molecular weight is 328 g/mol. The molecular weight excluding hydrogens is 304 g/mol. The zero-order valence-electron chi connectivity index (χ0n) is 14.2. The smallest absolute Gasteiger partial charge is 0.234 e. The molecule has 0 saturated heterocycles. The van der Waals surface area contributed by atoms with Gasteiger partial charge in [0.05, 0.1) is 25.4 Å². The number of nitrogens with zero attached hydrogens (tertiary/aromatic N) is 3. The van der Waals surface area contributed by atoms with Crippen molar-refractivity contribution in [3.8, 4) is 0 Å². The summed E-state index contributed by atoms with van der Waals surface area (Å²) in [5.41, 5.74) is 3.38. The molecule has 3 rings (SSSR count). The van der Waals surface area contributed by atoms with Crippen molar-refractivity contribution in [1.82, 2.24) is 20.0 Å². The van der Waals surface area contributed by atoms with Crippen LogP contribution in [0.4, 0.5) is 0 Å². The van der Waals surface area contributed by atoms with E-state index in [1.54, 1.807) is 0 Å². The molecule has 1 unspecified atom stereocenters. The second-order valence-electron chi connectivity index (χ2n) is 6.37. The van der Waals surface area contributed by atoms with Crippen LogP contribution in [-0.2, 0) is 22.5 Å². The maximum atomic E-state index is 11.8. The molecule has 1 aliphatic rings. The van der Waals surface area contributed by atoms with E-state index in [1.165, 1.54) is 11.1 Å². The summed E-state index contributed by atoms with van der Waals surface area (Å²) >= 11 is 0. The van der Waals surface area contributed by atoms with Crippen LogP contribution >= 0.6 is 0 Å². The maximum Gasteiger partial charge on any atom is 0.234 e. The fraction of sp³-hybridized carbons (Fsp3) is 0.444. The number of aromatic nitrogens is 2. The first-order valence-electron chi connectivity index (χ1n) is 8.25. The van der Waals surface area contributed by atoms with Crippen molar-refractivity contribution < 1.29 is 9.53 Å². The zero-order valence-corrected chi connectivity index (χ0v) is 14.2. The van der Waals surface area contributed by atoms with Crippen molar-refractivity contribution in [3.63, 3.8) is 0 Å². The first-order chi connectivity index (χ1) is 11.6. The molecule has 1 atom stereocenters. The van der Waals surface area contributed by atoms with Crippen molar-refractivity contribution in [1.29, 1.82) is 0 Å². The molecule has 0 bridgehead atoms. The number of hydrogen-bond acceptors (Lipinski definition) is 4. The van der Waals surface area contributed by atoms with Gasteiger partial charge in [0.1, 0.15) is 6.10 Å². The van der Waals surface area contributed by atoms with Gasteiger partial charge in [-0.2, -0.15) is 5.10 Å². The largest absolute Gasteiger partial charge is 0.370 e. The summed E-state index contributed by atoms with van der Waals surface area (Å²) < 4.78 is 7.78. The highest BCUT2D eigenvalue weighted by Gasteiger charge is 2.25. The lowest BCUT2D eigenvalue weighted by Gasteiger charge is -2.22. The summed E-state index contributed by atoms with van der Waals surface area (Å²) in [5.74, 6) is -0.000517. The van der Waals surface area contributed by atoms with E-state index in [9.17, 15) is 4.79 Å². The first-order valence-corrected chi connectivity index (χ1v) is 8.25. The number of likely N-dealkylation sites (N-methyl/N-ethyl adjacent to an activating group) is 1. The lowest BCUT2D eigenvalue weighted by Crippen LogP contribution is -2.37. The Labute approximate surface area is 142 Å². The van der Waals surface area contributed by atoms with Crippen LogP contribution in [0.15, 0.2) is 36.5 Å². The summed E-state index contributed by atoms with van der Waals surface area (Å²) in [6, 6.07) is 10.3. The average Bonchev–Trinajstić information content (AvgIpc) is 2.96. The van der Waals surface area contributed by atoms with E-state index >= 15 is 0 Å². The van der Waals surface area contributed by atoms with Gasteiger partial charge in [-0.25, -0.2) is 0 Å². The zero-order chi connectivity index (χ0) is 16.9. The van der Waals surface area contributed by atoms with E-state index in [2.05, 4.69) is 23.6 Å². The van der Waals surface area contributed by atoms with E-state index in [-0.39, 0.29) is 12.0 Å². The number of amides is 1. The van der Waals surface area contributed by atoms with Crippen LogP contribution in [0.1, 0.15) is 22.9 Å². The lowest BCUT2D eigenvalue weighted by molar-refractivity contribution is -0.122. The number of hydrogen-bond donors (Lipinski definition) is 1. The quantitative estimate of drug-likeness (QED) is 0.866. The third-order valence-electron chi connectivity index (χ3n) is 4.00. The highest BCUT2D eigenvalue weighted by molar-refractivity contribution is 5.77. The second-order valence-corrected chi connectivity index (χ2v) is 6.37. The number of nitrogens with one attached hydrogen (secondary N) is 1. The Bertz CT molecular complexity index is 682. The predicted octanol–water partition coefficient (Wildman–Crippen LogP) is 1.22. The van der Waals surface area contributed by atoms with E-state index in [0.29, 0.717) is 19.7 Å². The van der Waals surface area contributed by atoms with Crippen LogP contribution in [0, 0.1) is 0 Å². The Morgan fingerprint density at radius 2 is 2.17 bits per heavy atom. The molecule has 1 N–H and O–H groups in total. The molecule has 0 aliphatic carbocycles. The molecule has 0 saturated carbocycles. The van der Waals surface area contributed by atoms with Crippen molar-refractivity contribution in [2.45, 2.75) is 19.1 Å². The van der Waals surface area contributed by atoms with Crippen LogP contribution < -0.4 is 5.32 Å². The Kier molecular flexibility index (Phi) is 5.27. The maximum absolute atomic E-state index is 11.8. The molecule has 0 radical (unpaired) electrons. The fourth-order valence-corrected chi connectivity index (χ4v) is 2.89. The Morgan fingerprint density at radius 1 is 1.38 bits per heavy atom. The van der Waals surface area contributed by atoms with Crippen molar-refractivity contribution in [3.05, 3.63) is 53.3 Å². The van der Waals surface area contributed by atoms with E-state index in [0.717, 1.165) is 18.7 Å². The van der Waals surface area contributed by atoms with Crippen LogP contribution in [0.5, 0.6) is 0 Å². The molecule has 2 heterocycles. The summed E-state index contributed by atoms with van der Waals surface area (Å²) in [4.78, 5) is 13.7. The summed E-state index contributed by atoms with van der Waals surface area (Å²) in [7, 11) is 3.75. The van der Waals surface area contributed by atoms with Crippen LogP contribution in [0.3, 0.4) is 0 Å². The van der Waals surface area contributed by atoms with Gasteiger partial charge in [0, 0.05) is 12.7 Å². The molecule has 2 aromatic rings. The highest BCUT2D eigenvalue weighted by Crippen LogP contribution is 2.25. The van der Waals surface area contributed by atoms with E-state index in [1.807, 2.05) is 41.9 Å². The molecule has 24 heavy (non-hydrogen) atoms. The SMILES string of the molecule is CN(C)CC(=O)NCC1OCCc2cn(Cc3ccccc3)nc21. The molecule has 128 valence electrons. The second kappa shape index (κ2) is 7.59. The Morgan fingerprint density at radius 3 is 2.92 bits per heavy atom. The van der Waals surface area contributed by atoms with Gasteiger partial charge in [0.2, 0.25) is 5.91 Å². The first kappa shape index (κ1) is 16.7. The molecule has 0 spiro atoms. The molecule has 6 heteroatoms. The standard InChI is InChI=1S/C18H24N4O2/c1-21(2)13-17(23)19-10-16-18-15(8-9-24-16)12-22(20-18)11-14-6-4-3-5-7-14/h3-7,12,16H,8-11,13H2,1-2H3,(H,19,23). The van der Waals surface area contributed by atoms with Crippen molar-refractivity contribution in [2.75, 3.05) is 33.8 Å².